The van der Waals surface area contributed by atoms with Gasteiger partial charge < -0.3 is 9.73 Å². The lowest BCUT2D eigenvalue weighted by Crippen LogP contribution is -2.18. The Morgan fingerprint density at radius 1 is 1.26 bits per heavy atom. The van der Waals surface area contributed by atoms with Gasteiger partial charge in [-0.25, -0.2) is 0 Å². The highest BCUT2D eigenvalue weighted by atomic mass is 35.5. The molecule has 2 aromatic rings. The molecule has 19 heavy (non-hydrogen) atoms. The van der Waals surface area contributed by atoms with Gasteiger partial charge in [-0.2, -0.15) is 11.8 Å². The van der Waals surface area contributed by atoms with Gasteiger partial charge in [0.15, 0.2) is 0 Å². The Balaban J connectivity index is 2.11. The summed E-state index contributed by atoms with van der Waals surface area (Å²) in [7, 11) is 1.97. The van der Waals surface area contributed by atoms with Crippen molar-refractivity contribution in [1.29, 1.82) is 0 Å². The smallest absolute Gasteiger partial charge is 0.134 e. The Morgan fingerprint density at radius 2 is 2.05 bits per heavy atom. The van der Waals surface area contributed by atoms with Crippen LogP contribution in [0.5, 0.6) is 0 Å². The van der Waals surface area contributed by atoms with E-state index in [0.717, 1.165) is 33.4 Å². The van der Waals surface area contributed by atoms with Gasteiger partial charge in [-0.1, -0.05) is 25.4 Å². The molecule has 2 rings (SSSR count). The summed E-state index contributed by atoms with van der Waals surface area (Å²) in [6, 6.07) is 8.06. The second kappa shape index (κ2) is 6.69. The van der Waals surface area contributed by atoms with Gasteiger partial charge in [0.25, 0.3) is 0 Å². The first-order valence-electron chi connectivity index (χ1n) is 6.54. The van der Waals surface area contributed by atoms with Crippen molar-refractivity contribution in [2.24, 2.45) is 5.92 Å². The number of hydrogen-bond acceptors (Lipinski definition) is 3. The number of rotatable bonds is 6. The highest BCUT2D eigenvalue weighted by Crippen LogP contribution is 2.28. The van der Waals surface area contributed by atoms with Gasteiger partial charge in [0, 0.05) is 16.2 Å². The number of nitrogens with one attached hydrogen (secondary N) is 1. The van der Waals surface area contributed by atoms with Gasteiger partial charge >= 0.3 is 0 Å². The van der Waals surface area contributed by atoms with Gasteiger partial charge in [-0.3, -0.25) is 0 Å². The van der Waals surface area contributed by atoms with Crippen molar-refractivity contribution in [2.75, 3.05) is 18.6 Å². The van der Waals surface area contributed by atoms with E-state index in [9.17, 15) is 0 Å². The summed E-state index contributed by atoms with van der Waals surface area (Å²) in [5.74, 6) is 3.89. The maximum absolute atomic E-state index is 6.00. The summed E-state index contributed by atoms with van der Waals surface area (Å²) in [5.41, 5.74) is 0.897. The SMILES string of the molecule is CNC(CSCC(C)C)c1cc2cc(Cl)ccc2o1. The molecule has 1 aromatic carbocycles. The molecule has 1 unspecified atom stereocenters. The molecule has 0 aliphatic rings. The molecule has 0 aliphatic carbocycles. The van der Waals surface area contributed by atoms with Gasteiger partial charge in [0.05, 0.1) is 6.04 Å². The zero-order chi connectivity index (χ0) is 13.8. The average molecular weight is 298 g/mol. The largest absolute Gasteiger partial charge is 0.459 e. The van der Waals surface area contributed by atoms with Crippen LogP contribution >= 0.6 is 23.4 Å². The van der Waals surface area contributed by atoms with Crippen molar-refractivity contribution < 1.29 is 4.42 Å². The molecule has 0 fully saturated rings. The zero-order valence-electron chi connectivity index (χ0n) is 11.6. The van der Waals surface area contributed by atoms with Crippen LogP contribution in [0, 0.1) is 5.92 Å². The van der Waals surface area contributed by atoms with E-state index in [1.807, 2.05) is 37.0 Å². The molecule has 1 aromatic heterocycles. The van der Waals surface area contributed by atoms with Crippen molar-refractivity contribution in [3.05, 3.63) is 35.0 Å². The third-order valence-corrected chi connectivity index (χ3v) is 4.63. The number of halogens is 1. The van der Waals surface area contributed by atoms with Crippen LogP contribution in [-0.4, -0.2) is 18.6 Å². The van der Waals surface area contributed by atoms with E-state index in [4.69, 9.17) is 16.0 Å². The van der Waals surface area contributed by atoms with Crippen LogP contribution in [0.15, 0.2) is 28.7 Å². The minimum Gasteiger partial charge on any atom is -0.459 e. The van der Waals surface area contributed by atoms with Gasteiger partial charge in [-0.15, -0.1) is 0 Å². The van der Waals surface area contributed by atoms with Crippen molar-refractivity contribution in [3.63, 3.8) is 0 Å². The molecule has 2 nitrogen and oxygen atoms in total. The predicted molar refractivity (Wildman–Crippen MR) is 85.2 cm³/mol. The maximum Gasteiger partial charge on any atom is 0.134 e. The van der Waals surface area contributed by atoms with Crippen LogP contribution in [0.3, 0.4) is 0 Å². The second-order valence-corrected chi connectivity index (χ2v) is 6.61. The third kappa shape index (κ3) is 3.91. The first-order valence-corrected chi connectivity index (χ1v) is 8.07. The van der Waals surface area contributed by atoms with Crippen LogP contribution in [0.25, 0.3) is 11.0 Å². The molecule has 1 atom stereocenters. The van der Waals surface area contributed by atoms with Crippen LogP contribution in [-0.2, 0) is 0 Å². The van der Waals surface area contributed by atoms with Crippen LogP contribution in [0.4, 0.5) is 0 Å². The molecule has 0 saturated carbocycles. The fraction of sp³-hybridized carbons (Fsp3) is 0.467. The van der Waals surface area contributed by atoms with E-state index in [2.05, 4.69) is 25.2 Å². The first kappa shape index (κ1) is 14.8. The Kier molecular flexibility index (Phi) is 5.20. The van der Waals surface area contributed by atoms with E-state index in [0.29, 0.717) is 0 Å². The van der Waals surface area contributed by atoms with Crippen molar-refractivity contribution in [2.45, 2.75) is 19.9 Å². The second-order valence-electron chi connectivity index (χ2n) is 5.10. The molecule has 4 heteroatoms. The standard InChI is InChI=1S/C15H20ClNOS/c1-10(2)8-19-9-13(17-3)15-7-11-6-12(16)4-5-14(11)18-15/h4-7,10,13,17H,8-9H2,1-3H3. The summed E-state index contributed by atoms with van der Waals surface area (Å²) in [5, 5.41) is 5.13. The first-order chi connectivity index (χ1) is 9.10. The number of thioether (sulfide) groups is 1. The van der Waals surface area contributed by atoms with E-state index in [1.165, 1.54) is 5.75 Å². The molecule has 0 bridgehead atoms. The molecular weight excluding hydrogens is 278 g/mol. The average Bonchev–Trinajstić information content (AvgIpc) is 2.76. The van der Waals surface area contributed by atoms with Gasteiger partial charge in [-0.05, 0) is 43.0 Å². The highest BCUT2D eigenvalue weighted by Gasteiger charge is 2.15. The quantitative estimate of drug-likeness (QED) is 0.834. The molecule has 0 aliphatic heterocycles. The molecule has 0 amide bonds. The van der Waals surface area contributed by atoms with E-state index in [-0.39, 0.29) is 6.04 Å². The van der Waals surface area contributed by atoms with Crippen molar-refractivity contribution in [3.8, 4) is 0 Å². The minimum absolute atomic E-state index is 0.245. The fourth-order valence-corrected chi connectivity index (χ4v) is 3.29. The van der Waals surface area contributed by atoms with Crippen LogP contribution < -0.4 is 5.32 Å². The Morgan fingerprint density at radius 3 is 2.74 bits per heavy atom. The van der Waals surface area contributed by atoms with E-state index < -0.39 is 0 Å². The molecule has 0 spiro atoms. The van der Waals surface area contributed by atoms with Crippen LogP contribution in [0.1, 0.15) is 25.6 Å². The summed E-state index contributed by atoms with van der Waals surface area (Å²) in [4.78, 5) is 0. The maximum atomic E-state index is 6.00. The lowest BCUT2D eigenvalue weighted by atomic mass is 10.2. The van der Waals surface area contributed by atoms with Crippen LogP contribution in [0.2, 0.25) is 5.02 Å². The summed E-state index contributed by atoms with van der Waals surface area (Å²) < 4.78 is 5.90. The number of furan rings is 1. The van der Waals surface area contributed by atoms with Gasteiger partial charge in [0.2, 0.25) is 0 Å². The highest BCUT2D eigenvalue weighted by molar-refractivity contribution is 7.99. The summed E-state index contributed by atoms with van der Waals surface area (Å²) in [6.07, 6.45) is 0. The third-order valence-electron chi connectivity index (χ3n) is 2.93. The predicted octanol–water partition coefficient (Wildman–Crippen LogP) is 4.74. The molecule has 0 radical (unpaired) electrons. The molecule has 1 N–H and O–H groups in total. The Bertz CT molecular complexity index is 538. The number of hydrogen-bond donors (Lipinski definition) is 1. The van der Waals surface area contributed by atoms with Gasteiger partial charge in [0.1, 0.15) is 11.3 Å². The Hall–Kier alpha value is -0.640. The van der Waals surface area contributed by atoms with E-state index >= 15 is 0 Å². The minimum atomic E-state index is 0.245. The lowest BCUT2D eigenvalue weighted by molar-refractivity contribution is 0.479. The number of benzene rings is 1. The zero-order valence-corrected chi connectivity index (χ0v) is 13.1. The Labute approximate surface area is 123 Å². The summed E-state index contributed by atoms with van der Waals surface area (Å²) in [6.45, 7) is 4.48. The molecule has 0 saturated heterocycles. The molecule has 104 valence electrons. The van der Waals surface area contributed by atoms with Crippen molar-refractivity contribution in [1.82, 2.24) is 5.32 Å². The summed E-state index contributed by atoms with van der Waals surface area (Å²) >= 11 is 7.95. The monoisotopic (exact) mass is 297 g/mol. The van der Waals surface area contributed by atoms with Crippen molar-refractivity contribution >= 4 is 34.3 Å². The number of fused-ring (bicyclic) bond motifs is 1. The lowest BCUT2D eigenvalue weighted by Gasteiger charge is -2.13. The molecule has 1 heterocycles. The normalized spacial score (nSPS) is 13.3. The van der Waals surface area contributed by atoms with E-state index in [1.54, 1.807) is 0 Å². The molecular formula is C15H20ClNOS. The topological polar surface area (TPSA) is 25.2 Å². The fourth-order valence-electron chi connectivity index (χ4n) is 1.94.